The fourth-order valence-corrected chi connectivity index (χ4v) is 3.37. The van der Waals surface area contributed by atoms with Crippen molar-refractivity contribution in [3.8, 4) is 0 Å². The number of hydrogen-bond acceptors (Lipinski definition) is 3. The number of pyridine rings is 1. The number of fused-ring (bicyclic) bond motifs is 1. The molecule has 1 aliphatic rings. The highest BCUT2D eigenvalue weighted by Gasteiger charge is 2.31. The quantitative estimate of drug-likeness (QED) is 0.791. The molecule has 138 valence electrons. The van der Waals surface area contributed by atoms with Crippen LogP contribution in [-0.2, 0) is 4.79 Å². The Kier molecular flexibility index (Phi) is 4.74. The third kappa shape index (κ3) is 3.57. The fourth-order valence-electron chi connectivity index (χ4n) is 3.37. The Labute approximate surface area is 155 Å². The Morgan fingerprint density at radius 3 is 2.19 bits per heavy atom. The highest BCUT2D eigenvalue weighted by molar-refractivity contribution is 5.99. The molecular formula is C21H27N3O2. The maximum atomic E-state index is 13.0. The first-order chi connectivity index (χ1) is 12.2. The van der Waals surface area contributed by atoms with E-state index >= 15 is 0 Å². The molecule has 1 fully saturated rings. The standard InChI is InChI=1S/C21H27N3O2/c1-14-6-7-18-16(12-14)13-17(15(2)22-18)19(25)23-8-10-24(11-9-23)20(26)21(3,4)5/h6-7,12-13H,8-11H2,1-5H3. The monoisotopic (exact) mass is 353 g/mol. The number of piperazine rings is 1. The molecule has 2 amide bonds. The van der Waals surface area contributed by atoms with Crippen LogP contribution in [0.5, 0.6) is 0 Å². The molecule has 0 aliphatic carbocycles. The van der Waals surface area contributed by atoms with Gasteiger partial charge in [0.25, 0.3) is 5.91 Å². The van der Waals surface area contributed by atoms with E-state index < -0.39 is 0 Å². The first-order valence-electron chi connectivity index (χ1n) is 9.13. The minimum atomic E-state index is -0.386. The van der Waals surface area contributed by atoms with Crippen LogP contribution < -0.4 is 0 Å². The predicted molar refractivity (Wildman–Crippen MR) is 103 cm³/mol. The predicted octanol–water partition coefficient (Wildman–Crippen LogP) is 3.18. The topological polar surface area (TPSA) is 53.5 Å². The summed E-state index contributed by atoms with van der Waals surface area (Å²) >= 11 is 0. The highest BCUT2D eigenvalue weighted by atomic mass is 16.2. The maximum absolute atomic E-state index is 13.0. The number of hydrogen-bond donors (Lipinski definition) is 0. The lowest BCUT2D eigenvalue weighted by Crippen LogP contribution is -2.53. The Hall–Kier alpha value is -2.43. The molecule has 1 aromatic heterocycles. The Bertz CT molecular complexity index is 859. The second-order valence-corrected chi connectivity index (χ2v) is 8.15. The molecule has 1 saturated heterocycles. The van der Waals surface area contributed by atoms with Crippen molar-refractivity contribution < 1.29 is 9.59 Å². The third-order valence-electron chi connectivity index (χ3n) is 4.89. The molecule has 0 saturated carbocycles. The van der Waals surface area contributed by atoms with Gasteiger partial charge in [-0.25, -0.2) is 0 Å². The zero-order valence-corrected chi connectivity index (χ0v) is 16.3. The van der Waals surface area contributed by atoms with Gasteiger partial charge in [-0.1, -0.05) is 32.4 Å². The smallest absolute Gasteiger partial charge is 0.255 e. The summed E-state index contributed by atoms with van der Waals surface area (Å²) in [7, 11) is 0. The number of aryl methyl sites for hydroxylation is 2. The molecule has 0 N–H and O–H groups in total. The van der Waals surface area contributed by atoms with Crippen LogP contribution in [0.1, 0.15) is 42.4 Å². The lowest BCUT2D eigenvalue weighted by atomic mass is 9.94. The SMILES string of the molecule is Cc1ccc2nc(C)c(C(=O)N3CCN(C(=O)C(C)(C)C)CC3)cc2c1. The van der Waals surface area contributed by atoms with Crippen molar-refractivity contribution in [1.29, 1.82) is 0 Å². The van der Waals surface area contributed by atoms with E-state index in [1.807, 2.05) is 62.6 Å². The number of rotatable bonds is 1. The molecule has 0 atom stereocenters. The van der Waals surface area contributed by atoms with Crippen molar-refractivity contribution in [3.63, 3.8) is 0 Å². The van der Waals surface area contributed by atoms with Gasteiger partial charge in [0, 0.05) is 37.0 Å². The molecule has 2 heterocycles. The minimum Gasteiger partial charge on any atom is -0.339 e. The molecule has 0 bridgehead atoms. The van der Waals surface area contributed by atoms with Gasteiger partial charge >= 0.3 is 0 Å². The molecule has 0 spiro atoms. The Morgan fingerprint density at radius 1 is 0.962 bits per heavy atom. The number of benzene rings is 1. The van der Waals surface area contributed by atoms with E-state index in [-0.39, 0.29) is 17.2 Å². The van der Waals surface area contributed by atoms with Crippen molar-refractivity contribution in [2.75, 3.05) is 26.2 Å². The summed E-state index contributed by atoms with van der Waals surface area (Å²) in [6, 6.07) is 8.02. The van der Waals surface area contributed by atoms with Crippen LogP contribution in [0.25, 0.3) is 10.9 Å². The van der Waals surface area contributed by atoms with Crippen LogP contribution in [0, 0.1) is 19.3 Å². The van der Waals surface area contributed by atoms with E-state index in [1.54, 1.807) is 0 Å². The van der Waals surface area contributed by atoms with E-state index in [0.717, 1.165) is 22.2 Å². The number of nitrogens with zero attached hydrogens (tertiary/aromatic N) is 3. The normalized spacial score (nSPS) is 15.4. The summed E-state index contributed by atoms with van der Waals surface area (Å²) in [6.07, 6.45) is 0. The average Bonchev–Trinajstić information content (AvgIpc) is 2.59. The number of amides is 2. The zero-order valence-electron chi connectivity index (χ0n) is 16.3. The average molecular weight is 353 g/mol. The first kappa shape index (κ1) is 18.4. The van der Waals surface area contributed by atoms with Crippen LogP contribution in [0.15, 0.2) is 24.3 Å². The Morgan fingerprint density at radius 2 is 1.58 bits per heavy atom. The minimum absolute atomic E-state index is 0.00117. The van der Waals surface area contributed by atoms with Crippen LogP contribution >= 0.6 is 0 Å². The molecule has 1 aliphatic heterocycles. The van der Waals surface area contributed by atoms with Gasteiger partial charge in [-0.05, 0) is 32.0 Å². The van der Waals surface area contributed by atoms with E-state index in [9.17, 15) is 9.59 Å². The molecule has 3 rings (SSSR count). The van der Waals surface area contributed by atoms with E-state index in [0.29, 0.717) is 31.7 Å². The van der Waals surface area contributed by atoms with Gasteiger partial charge in [-0.15, -0.1) is 0 Å². The lowest BCUT2D eigenvalue weighted by Gasteiger charge is -2.37. The summed E-state index contributed by atoms with van der Waals surface area (Å²) in [4.78, 5) is 33.7. The zero-order chi connectivity index (χ0) is 19.1. The maximum Gasteiger partial charge on any atom is 0.255 e. The molecule has 5 heteroatoms. The number of aromatic nitrogens is 1. The van der Waals surface area contributed by atoms with Crippen molar-refractivity contribution in [1.82, 2.24) is 14.8 Å². The summed E-state index contributed by atoms with van der Waals surface area (Å²) < 4.78 is 0. The van der Waals surface area contributed by atoms with Crippen molar-refractivity contribution in [3.05, 3.63) is 41.1 Å². The van der Waals surface area contributed by atoms with Gasteiger partial charge in [0.15, 0.2) is 0 Å². The largest absolute Gasteiger partial charge is 0.339 e. The van der Waals surface area contributed by atoms with Gasteiger partial charge in [0.2, 0.25) is 5.91 Å². The Balaban J connectivity index is 1.77. The lowest BCUT2D eigenvalue weighted by molar-refractivity contribution is -0.140. The van der Waals surface area contributed by atoms with Gasteiger partial charge in [-0.2, -0.15) is 0 Å². The van der Waals surface area contributed by atoms with Crippen LogP contribution in [0.4, 0.5) is 0 Å². The van der Waals surface area contributed by atoms with E-state index in [4.69, 9.17) is 0 Å². The molecule has 5 nitrogen and oxygen atoms in total. The summed E-state index contributed by atoms with van der Waals surface area (Å²) in [6.45, 7) is 12.0. The third-order valence-corrected chi connectivity index (χ3v) is 4.89. The highest BCUT2D eigenvalue weighted by Crippen LogP contribution is 2.22. The summed E-state index contributed by atoms with van der Waals surface area (Å²) in [5, 5.41) is 0.987. The molecule has 0 radical (unpaired) electrons. The number of carbonyl (C=O) groups is 2. The van der Waals surface area contributed by atoms with Gasteiger partial charge in [0.1, 0.15) is 0 Å². The molecule has 26 heavy (non-hydrogen) atoms. The molecule has 1 aromatic carbocycles. The second kappa shape index (κ2) is 6.71. The fraction of sp³-hybridized carbons (Fsp3) is 0.476. The van der Waals surface area contributed by atoms with Crippen molar-refractivity contribution in [2.24, 2.45) is 5.41 Å². The molecule has 0 unspecified atom stereocenters. The molecular weight excluding hydrogens is 326 g/mol. The summed E-state index contributed by atoms with van der Waals surface area (Å²) in [5.41, 5.74) is 3.07. The summed E-state index contributed by atoms with van der Waals surface area (Å²) in [5.74, 6) is 0.143. The van der Waals surface area contributed by atoms with Crippen LogP contribution in [0.3, 0.4) is 0 Å². The second-order valence-electron chi connectivity index (χ2n) is 8.15. The van der Waals surface area contributed by atoms with Crippen molar-refractivity contribution >= 4 is 22.7 Å². The number of carbonyl (C=O) groups excluding carboxylic acids is 2. The van der Waals surface area contributed by atoms with Crippen LogP contribution in [0.2, 0.25) is 0 Å². The van der Waals surface area contributed by atoms with Crippen molar-refractivity contribution in [2.45, 2.75) is 34.6 Å². The molecule has 2 aromatic rings. The van der Waals surface area contributed by atoms with Gasteiger partial charge in [0.05, 0.1) is 16.8 Å². The van der Waals surface area contributed by atoms with E-state index in [2.05, 4.69) is 11.1 Å². The van der Waals surface area contributed by atoms with Crippen LogP contribution in [-0.4, -0.2) is 52.8 Å². The van der Waals surface area contributed by atoms with E-state index in [1.165, 1.54) is 0 Å². The first-order valence-corrected chi connectivity index (χ1v) is 9.13. The van der Waals surface area contributed by atoms with Gasteiger partial charge in [-0.3, -0.25) is 14.6 Å². The van der Waals surface area contributed by atoms with Gasteiger partial charge < -0.3 is 9.80 Å².